The first-order chi connectivity index (χ1) is 9.44. The first kappa shape index (κ1) is 14.8. The number of nitrogens with one attached hydrogen (secondary N) is 1. The summed E-state index contributed by atoms with van der Waals surface area (Å²) in [5.74, 6) is -1.32. The first-order valence-electron chi connectivity index (χ1n) is 6.25. The predicted octanol–water partition coefficient (Wildman–Crippen LogP) is 2.87. The van der Waals surface area contributed by atoms with Crippen molar-refractivity contribution in [2.45, 2.75) is 30.2 Å². The highest BCUT2D eigenvalue weighted by Gasteiger charge is 2.42. The molecule has 0 aromatic heterocycles. The van der Waals surface area contributed by atoms with Crippen molar-refractivity contribution in [3.8, 4) is 6.07 Å². The van der Waals surface area contributed by atoms with Gasteiger partial charge in [0.1, 0.15) is 17.2 Å². The molecule has 6 heteroatoms. The van der Waals surface area contributed by atoms with Crippen LogP contribution in [-0.2, 0) is 4.79 Å². The number of nitrogens with zero attached hydrogens (tertiary/aromatic N) is 1. The molecule has 1 aromatic rings. The molecule has 0 spiro atoms. The standard InChI is InChI=1S/C14H14F2N2OS/c1-14(8-17,9-2-3-9)18-13(19)7-20-12-6-10(15)4-5-11(12)16/h4-6,9H,2-3,7H2,1H3,(H,18,19)/t14-/m1/s1. The molecule has 20 heavy (non-hydrogen) atoms. The van der Waals surface area contributed by atoms with Crippen LogP contribution in [0.4, 0.5) is 8.78 Å². The van der Waals surface area contributed by atoms with Crippen LogP contribution in [0.2, 0.25) is 0 Å². The maximum Gasteiger partial charge on any atom is 0.231 e. The van der Waals surface area contributed by atoms with Gasteiger partial charge in [-0.3, -0.25) is 4.79 Å². The lowest BCUT2D eigenvalue weighted by atomic mass is 9.98. The van der Waals surface area contributed by atoms with Crippen LogP contribution in [0.25, 0.3) is 0 Å². The minimum atomic E-state index is -0.863. The molecule has 1 saturated carbocycles. The van der Waals surface area contributed by atoms with Crippen LogP contribution in [0.15, 0.2) is 23.1 Å². The molecule has 1 atom stereocenters. The number of rotatable bonds is 5. The van der Waals surface area contributed by atoms with Crippen LogP contribution in [0.3, 0.4) is 0 Å². The number of carbonyl (C=O) groups excluding carboxylic acids is 1. The summed E-state index contributed by atoms with van der Waals surface area (Å²) in [6.45, 7) is 1.69. The van der Waals surface area contributed by atoms with Crippen molar-refractivity contribution in [3.63, 3.8) is 0 Å². The summed E-state index contributed by atoms with van der Waals surface area (Å²) in [7, 11) is 0. The van der Waals surface area contributed by atoms with Gasteiger partial charge in [-0.15, -0.1) is 11.8 Å². The van der Waals surface area contributed by atoms with Gasteiger partial charge < -0.3 is 5.32 Å². The summed E-state index contributed by atoms with van der Waals surface area (Å²) in [5, 5.41) is 11.8. The van der Waals surface area contributed by atoms with Gasteiger partial charge in [0.05, 0.1) is 11.8 Å². The van der Waals surface area contributed by atoms with E-state index in [1.807, 2.05) is 0 Å². The Labute approximate surface area is 120 Å². The van der Waals surface area contributed by atoms with E-state index in [2.05, 4.69) is 11.4 Å². The van der Waals surface area contributed by atoms with Gasteiger partial charge >= 0.3 is 0 Å². The molecule has 0 heterocycles. The fourth-order valence-corrected chi connectivity index (χ4v) is 2.70. The van der Waals surface area contributed by atoms with E-state index in [4.69, 9.17) is 5.26 Å². The highest BCUT2D eigenvalue weighted by Crippen LogP contribution is 2.39. The van der Waals surface area contributed by atoms with Gasteiger partial charge in [-0.25, -0.2) is 8.78 Å². The van der Waals surface area contributed by atoms with Gasteiger partial charge in [-0.2, -0.15) is 5.26 Å². The van der Waals surface area contributed by atoms with Crippen molar-refractivity contribution in [3.05, 3.63) is 29.8 Å². The summed E-state index contributed by atoms with van der Waals surface area (Å²) < 4.78 is 26.4. The van der Waals surface area contributed by atoms with Crippen LogP contribution >= 0.6 is 11.8 Å². The lowest BCUT2D eigenvalue weighted by Gasteiger charge is -2.22. The SMILES string of the molecule is C[C@](C#N)(NC(=O)CSc1cc(F)ccc1F)C1CC1. The number of carbonyl (C=O) groups is 1. The Hall–Kier alpha value is -1.61. The van der Waals surface area contributed by atoms with E-state index in [0.29, 0.717) is 0 Å². The summed E-state index contributed by atoms with van der Waals surface area (Å²) in [6, 6.07) is 5.22. The van der Waals surface area contributed by atoms with Crippen LogP contribution in [-0.4, -0.2) is 17.2 Å². The van der Waals surface area contributed by atoms with Crippen molar-refractivity contribution in [2.24, 2.45) is 5.92 Å². The van der Waals surface area contributed by atoms with Crippen molar-refractivity contribution < 1.29 is 13.6 Å². The van der Waals surface area contributed by atoms with E-state index >= 15 is 0 Å². The Morgan fingerprint density at radius 3 is 2.85 bits per heavy atom. The third-order valence-electron chi connectivity index (χ3n) is 3.28. The number of nitriles is 1. The Morgan fingerprint density at radius 1 is 1.55 bits per heavy atom. The molecule has 3 nitrogen and oxygen atoms in total. The van der Waals surface area contributed by atoms with Crippen molar-refractivity contribution >= 4 is 17.7 Å². The van der Waals surface area contributed by atoms with Crippen LogP contribution in [0.5, 0.6) is 0 Å². The van der Waals surface area contributed by atoms with Crippen molar-refractivity contribution in [2.75, 3.05) is 5.75 Å². The molecule has 1 fully saturated rings. The Morgan fingerprint density at radius 2 is 2.25 bits per heavy atom. The second kappa shape index (κ2) is 5.80. The van der Waals surface area contributed by atoms with Gasteiger partial charge in [0.25, 0.3) is 0 Å². The summed E-state index contributed by atoms with van der Waals surface area (Å²) >= 11 is 0.916. The maximum absolute atomic E-state index is 13.4. The number of thioether (sulfide) groups is 1. The second-order valence-electron chi connectivity index (χ2n) is 5.00. The molecule has 0 saturated heterocycles. The second-order valence-corrected chi connectivity index (χ2v) is 6.02. The van der Waals surface area contributed by atoms with Crippen LogP contribution < -0.4 is 5.32 Å². The number of amides is 1. The zero-order chi connectivity index (χ0) is 14.8. The van der Waals surface area contributed by atoms with E-state index in [1.54, 1.807) is 6.92 Å². The van der Waals surface area contributed by atoms with Crippen LogP contribution in [0, 0.1) is 28.9 Å². The third kappa shape index (κ3) is 3.48. The molecule has 1 N–H and O–H groups in total. The lowest BCUT2D eigenvalue weighted by Crippen LogP contribution is -2.47. The number of hydrogen-bond donors (Lipinski definition) is 1. The normalized spacial score (nSPS) is 17.1. The van der Waals surface area contributed by atoms with E-state index < -0.39 is 17.2 Å². The van der Waals surface area contributed by atoms with E-state index in [1.165, 1.54) is 0 Å². The van der Waals surface area contributed by atoms with E-state index in [0.717, 1.165) is 42.8 Å². The highest BCUT2D eigenvalue weighted by molar-refractivity contribution is 8.00. The smallest absolute Gasteiger partial charge is 0.231 e. The van der Waals surface area contributed by atoms with Gasteiger partial charge in [0.2, 0.25) is 5.91 Å². The molecule has 0 bridgehead atoms. The summed E-state index contributed by atoms with van der Waals surface area (Å²) in [5.41, 5.74) is -0.863. The Bertz CT molecular complexity index is 569. The molecule has 1 amide bonds. The average molecular weight is 296 g/mol. The number of halogens is 2. The molecule has 0 unspecified atom stereocenters. The highest BCUT2D eigenvalue weighted by atomic mass is 32.2. The van der Waals surface area contributed by atoms with Crippen molar-refractivity contribution in [1.82, 2.24) is 5.32 Å². The molecule has 2 rings (SSSR count). The minimum absolute atomic E-state index is 0.0512. The number of hydrogen-bond acceptors (Lipinski definition) is 3. The Balaban J connectivity index is 1.92. The third-order valence-corrected chi connectivity index (χ3v) is 4.31. The van der Waals surface area contributed by atoms with Gasteiger partial charge in [-0.05, 0) is 43.9 Å². The fraction of sp³-hybridized carbons (Fsp3) is 0.429. The average Bonchev–Trinajstić information content (AvgIpc) is 3.24. The quantitative estimate of drug-likeness (QED) is 0.850. The molecule has 106 valence electrons. The molecule has 1 aromatic carbocycles. The number of benzene rings is 1. The maximum atomic E-state index is 13.4. The van der Waals surface area contributed by atoms with Crippen molar-refractivity contribution in [1.29, 1.82) is 5.26 Å². The molecule has 0 aliphatic heterocycles. The Kier molecular flexibility index (Phi) is 4.29. The topological polar surface area (TPSA) is 52.9 Å². The van der Waals surface area contributed by atoms with Gasteiger partial charge in [0, 0.05) is 4.90 Å². The first-order valence-corrected chi connectivity index (χ1v) is 7.23. The zero-order valence-electron chi connectivity index (χ0n) is 11.0. The summed E-state index contributed by atoms with van der Waals surface area (Å²) in [4.78, 5) is 11.9. The molecular weight excluding hydrogens is 282 g/mol. The molecule has 0 radical (unpaired) electrons. The van der Waals surface area contributed by atoms with E-state index in [9.17, 15) is 13.6 Å². The zero-order valence-corrected chi connectivity index (χ0v) is 11.8. The van der Waals surface area contributed by atoms with Crippen LogP contribution in [0.1, 0.15) is 19.8 Å². The lowest BCUT2D eigenvalue weighted by molar-refractivity contribution is -0.119. The van der Waals surface area contributed by atoms with Gasteiger partial charge in [-0.1, -0.05) is 0 Å². The monoisotopic (exact) mass is 296 g/mol. The largest absolute Gasteiger partial charge is 0.337 e. The minimum Gasteiger partial charge on any atom is -0.337 e. The molecule has 1 aliphatic rings. The summed E-state index contributed by atoms with van der Waals surface area (Å²) in [6.07, 6.45) is 1.85. The molecular formula is C14H14F2N2OS. The molecule has 1 aliphatic carbocycles. The fourth-order valence-electron chi connectivity index (χ4n) is 1.94. The van der Waals surface area contributed by atoms with Gasteiger partial charge in [0.15, 0.2) is 0 Å². The van der Waals surface area contributed by atoms with E-state index in [-0.39, 0.29) is 22.5 Å². The predicted molar refractivity (Wildman–Crippen MR) is 72.0 cm³/mol.